The van der Waals surface area contributed by atoms with Gasteiger partial charge in [0.1, 0.15) is 6.07 Å². The van der Waals surface area contributed by atoms with Crippen molar-refractivity contribution in [1.82, 2.24) is 4.98 Å². The van der Waals surface area contributed by atoms with E-state index in [1.165, 1.54) is 0 Å². The first-order valence-corrected chi connectivity index (χ1v) is 4.73. The summed E-state index contributed by atoms with van der Waals surface area (Å²) in [5.41, 5.74) is -0.814. The molecule has 0 bridgehead atoms. The molecule has 0 spiro atoms. The number of nitriles is 1. The van der Waals surface area contributed by atoms with Crippen LogP contribution in [0, 0.1) is 11.3 Å². The number of hydrogen-bond donors (Lipinski definition) is 0. The van der Waals surface area contributed by atoms with Crippen LogP contribution in [0.1, 0.15) is 11.3 Å². The third kappa shape index (κ3) is 2.17. The van der Waals surface area contributed by atoms with E-state index in [0.717, 1.165) is 17.8 Å². The van der Waals surface area contributed by atoms with Crippen molar-refractivity contribution in [3.05, 3.63) is 23.5 Å². The minimum atomic E-state index is -4.41. The second-order valence-electron chi connectivity index (χ2n) is 2.38. The van der Waals surface area contributed by atoms with Gasteiger partial charge in [-0.15, -0.1) is 11.8 Å². The predicted molar refractivity (Wildman–Crippen MR) is 45.7 cm³/mol. The number of hydrogen-bond acceptors (Lipinski definition) is 3. The van der Waals surface area contributed by atoms with Crippen LogP contribution in [0.5, 0.6) is 0 Å². The molecule has 0 aromatic carbocycles. The van der Waals surface area contributed by atoms with E-state index >= 15 is 0 Å². The van der Waals surface area contributed by atoms with Crippen molar-refractivity contribution in [1.29, 1.82) is 5.26 Å². The third-order valence-corrected chi connectivity index (χ3v) is 2.26. The Morgan fingerprint density at radius 3 is 2.57 bits per heavy atom. The largest absolute Gasteiger partial charge is 0.417 e. The molecule has 1 aromatic rings. The lowest BCUT2D eigenvalue weighted by atomic mass is 10.2. The van der Waals surface area contributed by atoms with Gasteiger partial charge in [-0.25, -0.2) is 4.98 Å². The Bertz CT molecular complexity index is 381. The van der Waals surface area contributed by atoms with Crippen LogP contribution in [0.4, 0.5) is 13.2 Å². The van der Waals surface area contributed by atoms with Crippen LogP contribution in [-0.4, -0.2) is 11.2 Å². The molecule has 2 nitrogen and oxygen atoms in total. The summed E-state index contributed by atoms with van der Waals surface area (Å²) in [5.74, 6) is 0. The molecular formula is C8H5F3N2S. The number of halogens is 3. The van der Waals surface area contributed by atoms with Crippen molar-refractivity contribution in [3.8, 4) is 6.07 Å². The van der Waals surface area contributed by atoms with Gasteiger partial charge >= 0.3 is 6.18 Å². The van der Waals surface area contributed by atoms with E-state index in [-0.39, 0.29) is 10.6 Å². The molecule has 14 heavy (non-hydrogen) atoms. The maximum absolute atomic E-state index is 12.2. The molecule has 0 fully saturated rings. The zero-order valence-corrected chi connectivity index (χ0v) is 7.91. The monoisotopic (exact) mass is 218 g/mol. The van der Waals surface area contributed by atoms with Gasteiger partial charge < -0.3 is 0 Å². The molecular weight excluding hydrogens is 213 g/mol. The molecule has 74 valence electrons. The quantitative estimate of drug-likeness (QED) is 0.680. The fourth-order valence-corrected chi connectivity index (χ4v) is 1.38. The Morgan fingerprint density at radius 1 is 1.50 bits per heavy atom. The normalized spacial score (nSPS) is 11.1. The second-order valence-corrected chi connectivity index (χ2v) is 3.23. The Hall–Kier alpha value is -1.22. The van der Waals surface area contributed by atoms with Gasteiger partial charge in [0.2, 0.25) is 0 Å². The highest BCUT2D eigenvalue weighted by atomic mass is 32.2. The minimum absolute atomic E-state index is 0.0190. The highest BCUT2D eigenvalue weighted by Crippen LogP contribution is 2.31. The van der Waals surface area contributed by atoms with Crippen LogP contribution in [0.2, 0.25) is 0 Å². The number of alkyl halides is 3. The van der Waals surface area contributed by atoms with E-state index in [1.807, 2.05) is 0 Å². The van der Waals surface area contributed by atoms with Gasteiger partial charge in [-0.05, 0) is 12.3 Å². The maximum Gasteiger partial charge on any atom is 0.417 e. The SMILES string of the molecule is CSc1cc(C(F)(F)F)cnc1C#N. The molecule has 0 N–H and O–H groups in total. The van der Waals surface area contributed by atoms with E-state index in [0.29, 0.717) is 6.20 Å². The van der Waals surface area contributed by atoms with Crippen molar-refractivity contribution in [3.63, 3.8) is 0 Å². The first kappa shape index (κ1) is 10.9. The molecule has 1 heterocycles. The summed E-state index contributed by atoms with van der Waals surface area (Å²) < 4.78 is 36.6. The average molecular weight is 218 g/mol. The molecule has 0 aliphatic heterocycles. The molecule has 0 atom stereocenters. The summed E-state index contributed by atoms with van der Waals surface area (Å²) in [6.45, 7) is 0. The summed E-state index contributed by atoms with van der Waals surface area (Å²) in [7, 11) is 0. The van der Waals surface area contributed by atoms with E-state index in [4.69, 9.17) is 5.26 Å². The zero-order valence-electron chi connectivity index (χ0n) is 7.09. The molecule has 0 aliphatic carbocycles. The van der Waals surface area contributed by atoms with Crippen LogP contribution in [0.15, 0.2) is 17.2 Å². The van der Waals surface area contributed by atoms with Crippen LogP contribution in [-0.2, 0) is 6.18 Å². The van der Waals surface area contributed by atoms with Crippen LogP contribution in [0.3, 0.4) is 0 Å². The molecule has 0 unspecified atom stereocenters. The number of rotatable bonds is 1. The smallest absolute Gasteiger partial charge is 0.244 e. The lowest BCUT2D eigenvalue weighted by Crippen LogP contribution is -2.06. The molecule has 0 saturated carbocycles. The topological polar surface area (TPSA) is 36.7 Å². The Balaban J connectivity index is 3.23. The fraction of sp³-hybridized carbons (Fsp3) is 0.250. The Labute approximate surface area is 82.8 Å². The molecule has 6 heteroatoms. The highest BCUT2D eigenvalue weighted by Gasteiger charge is 2.31. The average Bonchev–Trinajstić information content (AvgIpc) is 2.15. The van der Waals surface area contributed by atoms with E-state index in [2.05, 4.69) is 4.98 Å². The third-order valence-electron chi connectivity index (χ3n) is 1.51. The Morgan fingerprint density at radius 2 is 2.14 bits per heavy atom. The summed E-state index contributed by atoms with van der Waals surface area (Å²) >= 11 is 1.07. The van der Waals surface area contributed by atoms with E-state index < -0.39 is 11.7 Å². The van der Waals surface area contributed by atoms with Gasteiger partial charge in [0.15, 0.2) is 5.69 Å². The standard InChI is InChI=1S/C8H5F3N2S/c1-14-7-2-5(8(9,10)11)4-13-6(7)3-12/h2,4H,1H3. The minimum Gasteiger partial charge on any atom is -0.244 e. The molecule has 0 aliphatic rings. The second kappa shape index (κ2) is 3.88. The van der Waals surface area contributed by atoms with Gasteiger partial charge in [-0.1, -0.05) is 0 Å². The maximum atomic E-state index is 12.2. The summed E-state index contributed by atoms with van der Waals surface area (Å²) in [4.78, 5) is 3.67. The van der Waals surface area contributed by atoms with Crippen LogP contribution >= 0.6 is 11.8 Å². The first-order chi connectivity index (χ1) is 6.49. The summed E-state index contributed by atoms with van der Waals surface area (Å²) in [5, 5.41) is 8.54. The highest BCUT2D eigenvalue weighted by molar-refractivity contribution is 7.98. The van der Waals surface area contributed by atoms with E-state index in [1.54, 1.807) is 12.3 Å². The lowest BCUT2D eigenvalue weighted by molar-refractivity contribution is -0.138. The number of pyridine rings is 1. The van der Waals surface area contributed by atoms with Gasteiger partial charge in [0.25, 0.3) is 0 Å². The van der Waals surface area contributed by atoms with Crippen LogP contribution < -0.4 is 0 Å². The molecule has 1 aromatic heterocycles. The molecule has 0 saturated heterocycles. The fourth-order valence-electron chi connectivity index (χ4n) is 0.839. The molecule has 0 radical (unpaired) electrons. The van der Waals surface area contributed by atoms with Crippen molar-refractivity contribution in [2.45, 2.75) is 11.1 Å². The summed E-state index contributed by atoms with van der Waals surface area (Å²) in [6.07, 6.45) is -2.15. The van der Waals surface area contributed by atoms with Gasteiger partial charge in [-0.3, -0.25) is 0 Å². The molecule has 0 amide bonds. The number of thioether (sulfide) groups is 1. The molecule has 1 rings (SSSR count). The van der Waals surface area contributed by atoms with Crippen molar-refractivity contribution in [2.75, 3.05) is 6.26 Å². The van der Waals surface area contributed by atoms with E-state index in [9.17, 15) is 13.2 Å². The van der Waals surface area contributed by atoms with Crippen molar-refractivity contribution < 1.29 is 13.2 Å². The lowest BCUT2D eigenvalue weighted by Gasteiger charge is -2.07. The predicted octanol–water partition coefficient (Wildman–Crippen LogP) is 2.69. The van der Waals surface area contributed by atoms with Crippen LogP contribution in [0.25, 0.3) is 0 Å². The summed E-state index contributed by atoms with van der Waals surface area (Å²) in [6, 6.07) is 2.65. The van der Waals surface area contributed by atoms with Crippen molar-refractivity contribution >= 4 is 11.8 Å². The number of nitrogens with zero attached hydrogens (tertiary/aromatic N) is 2. The van der Waals surface area contributed by atoms with Crippen molar-refractivity contribution in [2.24, 2.45) is 0 Å². The zero-order chi connectivity index (χ0) is 10.8. The number of aromatic nitrogens is 1. The van der Waals surface area contributed by atoms with Gasteiger partial charge in [0.05, 0.1) is 5.56 Å². The van der Waals surface area contributed by atoms with Gasteiger partial charge in [-0.2, -0.15) is 18.4 Å². The first-order valence-electron chi connectivity index (χ1n) is 3.50. The Kier molecular flexibility index (Phi) is 3.01. The van der Waals surface area contributed by atoms with Gasteiger partial charge in [0, 0.05) is 11.1 Å².